The van der Waals surface area contributed by atoms with Crippen LogP contribution in [0.1, 0.15) is 22.5 Å². The van der Waals surface area contributed by atoms with Gasteiger partial charge >= 0.3 is 5.82 Å². The van der Waals surface area contributed by atoms with Gasteiger partial charge in [-0.05, 0) is 53.6 Å². The van der Waals surface area contributed by atoms with E-state index in [0.29, 0.717) is 23.8 Å². The fraction of sp³-hybridized carbons (Fsp3) is 0.250. The fourth-order valence-electron chi connectivity index (χ4n) is 4.30. The van der Waals surface area contributed by atoms with Crippen LogP contribution in [0.5, 0.6) is 17.2 Å². The average molecular weight is 621 g/mol. The van der Waals surface area contributed by atoms with Gasteiger partial charge < -0.3 is 41.0 Å². The minimum Gasteiger partial charge on any atom is -1.00 e. The van der Waals surface area contributed by atoms with Gasteiger partial charge in [0.1, 0.15) is 12.7 Å². The van der Waals surface area contributed by atoms with Gasteiger partial charge in [0.25, 0.3) is 0 Å². The standard InChI is InChI=1S/C32H38N5O3.BrH/c1-34(2)27-13-8-24(9-14-27)12-17-31-36(23-26-20-29(38-5)32(40-7)30(21-26)39-6)18-19-37(31)33-22-25-10-15-28(16-11-25)35(3)4;/h8-22H,23H2,1-7H3;1H/q+1;/p-1. The molecule has 1 aromatic heterocycles. The molecule has 9 heteroatoms. The molecule has 0 fully saturated rings. The molecule has 0 saturated carbocycles. The number of aromatic nitrogens is 2. The Morgan fingerprint density at radius 3 is 1.78 bits per heavy atom. The smallest absolute Gasteiger partial charge is 0.307 e. The van der Waals surface area contributed by atoms with Crippen molar-refractivity contribution in [1.29, 1.82) is 0 Å². The van der Waals surface area contributed by atoms with Gasteiger partial charge in [0.05, 0.1) is 27.5 Å². The molecule has 0 radical (unpaired) electrons. The summed E-state index contributed by atoms with van der Waals surface area (Å²) in [5.74, 6) is 2.72. The molecule has 4 rings (SSSR count). The Morgan fingerprint density at radius 2 is 1.29 bits per heavy atom. The normalized spacial score (nSPS) is 11.0. The molecule has 0 aliphatic rings. The second kappa shape index (κ2) is 14.4. The number of ether oxygens (including phenoxy) is 3. The van der Waals surface area contributed by atoms with Gasteiger partial charge in [-0.3, -0.25) is 0 Å². The molecule has 0 spiro atoms. The molecule has 8 nitrogen and oxygen atoms in total. The zero-order valence-corrected chi connectivity index (χ0v) is 26.3. The molecule has 41 heavy (non-hydrogen) atoms. The summed E-state index contributed by atoms with van der Waals surface area (Å²) >= 11 is 0. The second-order valence-corrected chi connectivity index (χ2v) is 9.71. The Labute approximate surface area is 253 Å². The molecule has 0 unspecified atom stereocenters. The van der Waals surface area contributed by atoms with Crippen LogP contribution in [-0.4, -0.2) is 60.4 Å². The number of anilines is 2. The van der Waals surface area contributed by atoms with Crippen LogP contribution in [0.25, 0.3) is 12.2 Å². The predicted octanol–water partition coefficient (Wildman–Crippen LogP) is 2.04. The van der Waals surface area contributed by atoms with Crippen LogP contribution in [0, 0.1) is 0 Å². The first kappa shape index (κ1) is 31.3. The minimum absolute atomic E-state index is 0. The van der Waals surface area contributed by atoms with E-state index in [0.717, 1.165) is 33.9 Å². The van der Waals surface area contributed by atoms with Crippen LogP contribution in [0.15, 0.2) is 78.2 Å². The van der Waals surface area contributed by atoms with E-state index in [1.54, 1.807) is 21.3 Å². The van der Waals surface area contributed by atoms with Crippen molar-refractivity contribution in [2.45, 2.75) is 6.54 Å². The van der Waals surface area contributed by atoms with E-state index in [4.69, 9.17) is 19.3 Å². The van der Waals surface area contributed by atoms with Crippen molar-refractivity contribution in [2.75, 3.05) is 59.3 Å². The maximum Gasteiger partial charge on any atom is 0.307 e. The van der Waals surface area contributed by atoms with Crippen LogP contribution >= 0.6 is 0 Å². The summed E-state index contributed by atoms with van der Waals surface area (Å²) in [6.07, 6.45) is 10.0. The molecule has 0 atom stereocenters. The number of hydrogen-bond acceptors (Lipinski definition) is 6. The SMILES string of the molecule is COc1cc(C[n+]2ccn(N=Cc3ccc(N(C)C)cc3)c2C=Cc2ccc(N(C)C)cc2)cc(OC)c1OC.[Br-]. The molecule has 216 valence electrons. The molecular formula is C32H38BrN5O3. The van der Waals surface area contributed by atoms with Gasteiger partial charge in [-0.1, -0.05) is 29.4 Å². The highest BCUT2D eigenvalue weighted by molar-refractivity contribution is 5.80. The molecule has 0 aliphatic heterocycles. The van der Waals surface area contributed by atoms with Gasteiger partial charge in [0.15, 0.2) is 17.7 Å². The Kier molecular flexibility index (Phi) is 11.0. The maximum absolute atomic E-state index is 5.57. The van der Waals surface area contributed by atoms with Gasteiger partial charge in [-0.15, -0.1) is 4.68 Å². The first-order chi connectivity index (χ1) is 19.3. The Balaban J connectivity index is 0.00000462. The van der Waals surface area contributed by atoms with Crippen LogP contribution in [0.4, 0.5) is 11.4 Å². The maximum atomic E-state index is 5.57. The van der Waals surface area contributed by atoms with E-state index in [1.807, 2.05) is 63.6 Å². The van der Waals surface area contributed by atoms with Crippen molar-refractivity contribution >= 4 is 29.7 Å². The number of benzene rings is 3. The summed E-state index contributed by atoms with van der Waals surface area (Å²) in [4.78, 5) is 4.16. The van der Waals surface area contributed by atoms with Crippen LogP contribution in [0.2, 0.25) is 0 Å². The van der Waals surface area contributed by atoms with Crippen LogP contribution < -0.4 is 45.6 Å². The van der Waals surface area contributed by atoms with E-state index < -0.39 is 0 Å². The number of rotatable bonds is 11. The molecule has 0 bridgehead atoms. The van der Waals surface area contributed by atoms with Crippen molar-refractivity contribution < 1.29 is 35.8 Å². The van der Waals surface area contributed by atoms with E-state index in [2.05, 4.69) is 75.0 Å². The van der Waals surface area contributed by atoms with Gasteiger partial charge in [0.2, 0.25) is 5.75 Å². The zero-order valence-electron chi connectivity index (χ0n) is 24.7. The van der Waals surface area contributed by atoms with Crippen molar-refractivity contribution in [1.82, 2.24) is 4.68 Å². The van der Waals surface area contributed by atoms with Crippen LogP contribution in [-0.2, 0) is 6.54 Å². The number of nitrogens with zero attached hydrogens (tertiary/aromatic N) is 5. The molecule has 3 aromatic carbocycles. The predicted molar refractivity (Wildman–Crippen MR) is 163 cm³/mol. The van der Waals surface area contributed by atoms with Crippen molar-refractivity contribution in [2.24, 2.45) is 5.10 Å². The number of halogens is 1. The third kappa shape index (κ3) is 7.70. The molecule has 1 heterocycles. The Hall–Kier alpha value is -4.24. The Bertz CT molecular complexity index is 1450. The summed E-state index contributed by atoms with van der Waals surface area (Å²) in [7, 11) is 13.0. The quantitative estimate of drug-likeness (QED) is 0.190. The van der Waals surface area contributed by atoms with Crippen molar-refractivity contribution in [3.63, 3.8) is 0 Å². The topological polar surface area (TPSA) is 55.3 Å². The van der Waals surface area contributed by atoms with Gasteiger partial charge in [0, 0.05) is 51.2 Å². The number of imidazole rings is 1. The molecule has 0 amide bonds. The zero-order chi connectivity index (χ0) is 28.6. The van der Waals surface area contributed by atoms with E-state index >= 15 is 0 Å². The molecule has 0 aliphatic carbocycles. The van der Waals surface area contributed by atoms with Gasteiger partial charge in [-0.25, -0.2) is 4.57 Å². The van der Waals surface area contributed by atoms with Crippen molar-refractivity contribution in [3.05, 3.63) is 95.6 Å². The first-order valence-corrected chi connectivity index (χ1v) is 13.0. The number of methoxy groups -OCH3 is 3. The summed E-state index contributed by atoms with van der Waals surface area (Å²) in [5.41, 5.74) is 5.42. The third-order valence-electron chi connectivity index (χ3n) is 6.57. The van der Waals surface area contributed by atoms with E-state index in [1.165, 1.54) is 0 Å². The molecule has 4 aromatic rings. The summed E-state index contributed by atoms with van der Waals surface area (Å²) in [5, 5.41) is 4.79. The van der Waals surface area contributed by atoms with Gasteiger partial charge in [-0.2, -0.15) is 0 Å². The minimum atomic E-state index is 0. The van der Waals surface area contributed by atoms with E-state index in [-0.39, 0.29) is 17.0 Å². The van der Waals surface area contributed by atoms with Crippen LogP contribution in [0.3, 0.4) is 0 Å². The largest absolute Gasteiger partial charge is 1.00 e. The van der Waals surface area contributed by atoms with E-state index in [9.17, 15) is 0 Å². The lowest BCUT2D eigenvalue weighted by Gasteiger charge is -2.13. The number of hydrogen-bond donors (Lipinski definition) is 0. The third-order valence-corrected chi connectivity index (χ3v) is 6.57. The summed E-state index contributed by atoms with van der Waals surface area (Å²) in [6, 6.07) is 20.7. The second-order valence-electron chi connectivity index (χ2n) is 9.71. The molecule has 0 N–H and O–H groups in total. The summed E-state index contributed by atoms with van der Waals surface area (Å²) in [6.45, 7) is 0.579. The highest BCUT2D eigenvalue weighted by atomic mass is 79.9. The lowest BCUT2D eigenvalue weighted by molar-refractivity contribution is -0.689. The first-order valence-electron chi connectivity index (χ1n) is 13.0. The highest BCUT2D eigenvalue weighted by Crippen LogP contribution is 2.38. The fourth-order valence-corrected chi connectivity index (χ4v) is 4.30. The molecular weight excluding hydrogens is 582 g/mol. The average Bonchev–Trinajstić information content (AvgIpc) is 3.35. The molecule has 0 saturated heterocycles. The monoisotopic (exact) mass is 619 g/mol. The highest BCUT2D eigenvalue weighted by Gasteiger charge is 2.18. The lowest BCUT2D eigenvalue weighted by atomic mass is 10.1. The lowest BCUT2D eigenvalue weighted by Crippen LogP contribution is -3.00. The Morgan fingerprint density at radius 1 is 0.756 bits per heavy atom. The summed E-state index contributed by atoms with van der Waals surface area (Å²) < 4.78 is 20.7. The van der Waals surface area contributed by atoms with Crippen molar-refractivity contribution in [3.8, 4) is 17.2 Å².